The molecule has 0 aliphatic carbocycles. The summed E-state index contributed by atoms with van der Waals surface area (Å²) in [6.07, 6.45) is 0. The third-order valence-corrected chi connectivity index (χ3v) is 14.2. The number of rotatable bonds is 21. The van der Waals surface area contributed by atoms with Gasteiger partial charge in [-0.05, 0) is 175 Å². The maximum absolute atomic E-state index is 13.8. The summed E-state index contributed by atoms with van der Waals surface area (Å²) < 4.78 is 35.7. The molecule has 12 nitrogen and oxygen atoms in total. The van der Waals surface area contributed by atoms with Crippen LogP contribution < -0.4 is 14.2 Å². The molecule has 10 aromatic rings. The average Bonchev–Trinajstić information content (AvgIpc) is 3.60. The van der Waals surface area contributed by atoms with Gasteiger partial charge >= 0.3 is 17.9 Å². The highest BCUT2D eigenvalue weighted by molar-refractivity contribution is 6.00. The van der Waals surface area contributed by atoms with Gasteiger partial charge in [-0.25, -0.2) is 14.4 Å². The number of carbonyl (C=O) groups excluding carboxylic acids is 3. The van der Waals surface area contributed by atoms with Crippen molar-refractivity contribution in [3.05, 3.63) is 234 Å². The number of hydrogen-bond acceptors (Lipinski definition) is 12. The molecule has 12 heteroatoms. The summed E-state index contributed by atoms with van der Waals surface area (Å²) >= 11 is 0. The van der Waals surface area contributed by atoms with Crippen LogP contribution in [0.1, 0.15) is 68.5 Å². The van der Waals surface area contributed by atoms with Gasteiger partial charge in [-0.3, -0.25) is 0 Å². The molecule has 0 fully saturated rings. The molecular weight excluding hydrogens is 1050 g/mol. The van der Waals surface area contributed by atoms with Gasteiger partial charge in [-0.2, -0.15) is 15.8 Å². The molecule has 0 spiro atoms. The maximum Gasteiger partial charge on any atom is 0.338 e. The summed E-state index contributed by atoms with van der Waals surface area (Å²) in [6.45, 7) is 6.32. The Labute approximate surface area is 487 Å². The molecule has 0 aromatic heterocycles. The van der Waals surface area contributed by atoms with E-state index in [9.17, 15) is 30.2 Å². The van der Waals surface area contributed by atoms with E-state index in [0.29, 0.717) is 33.9 Å². The van der Waals surface area contributed by atoms with Crippen LogP contribution in [0.25, 0.3) is 65.7 Å². The number of hydrogen-bond donors (Lipinski definition) is 0. The van der Waals surface area contributed by atoms with E-state index >= 15 is 0 Å². The zero-order valence-electron chi connectivity index (χ0n) is 46.5. The molecule has 84 heavy (non-hydrogen) atoms. The maximum atomic E-state index is 13.8. The van der Waals surface area contributed by atoms with Crippen LogP contribution >= 0.6 is 0 Å². The van der Waals surface area contributed by atoms with E-state index in [0.717, 1.165) is 65.7 Å². The number of benzene rings is 10. The Bertz CT molecular complexity index is 3750. The fourth-order valence-corrected chi connectivity index (χ4v) is 9.44. The number of fused-ring (bicyclic) bond motifs is 3. The summed E-state index contributed by atoms with van der Waals surface area (Å²) in [7, 11) is 0. The number of carbonyl (C=O) groups is 3. The lowest BCUT2D eigenvalue weighted by molar-refractivity contribution is 0.0411. The van der Waals surface area contributed by atoms with Crippen molar-refractivity contribution in [1.82, 2.24) is 0 Å². The summed E-state index contributed by atoms with van der Waals surface area (Å²) in [5.74, 6) is -1.01. The Morgan fingerprint density at radius 3 is 0.810 bits per heavy atom. The number of nitriles is 3. The minimum Gasteiger partial charge on any atom is -0.493 e. The Morgan fingerprint density at radius 2 is 0.548 bits per heavy atom. The van der Waals surface area contributed by atoms with E-state index in [1.165, 1.54) is 18.2 Å². The van der Waals surface area contributed by atoms with E-state index < -0.39 is 17.9 Å². The van der Waals surface area contributed by atoms with Crippen molar-refractivity contribution < 1.29 is 42.8 Å². The Balaban J connectivity index is 0.759. The van der Waals surface area contributed by atoms with Gasteiger partial charge in [-0.15, -0.1) is 0 Å². The first-order valence-corrected chi connectivity index (χ1v) is 27.5. The molecule has 0 N–H and O–H groups in total. The molecule has 0 aliphatic rings. The molecule has 0 heterocycles. The molecule has 10 rings (SSSR count). The largest absolute Gasteiger partial charge is 0.493 e. The molecule has 0 saturated carbocycles. The van der Waals surface area contributed by atoms with Gasteiger partial charge in [0.25, 0.3) is 0 Å². The second-order valence-electron chi connectivity index (χ2n) is 21.1. The normalized spacial score (nSPS) is 12.0. The van der Waals surface area contributed by atoms with Crippen LogP contribution in [0, 0.1) is 51.7 Å². The second kappa shape index (κ2) is 26.2. The molecular formula is C72H57N3O9. The number of ether oxygens (including phenoxy) is 6. The lowest BCUT2D eigenvalue weighted by Crippen LogP contribution is -2.21. The molecule has 10 aromatic carbocycles. The summed E-state index contributed by atoms with van der Waals surface area (Å²) in [6, 6.07) is 68.7. The van der Waals surface area contributed by atoms with Crippen LogP contribution in [0.4, 0.5) is 0 Å². The van der Waals surface area contributed by atoms with Crippen molar-refractivity contribution in [2.24, 2.45) is 17.8 Å². The third kappa shape index (κ3) is 14.2. The minimum absolute atomic E-state index is 0.0163. The average molecular weight is 1110 g/mol. The second-order valence-corrected chi connectivity index (χ2v) is 21.1. The van der Waals surface area contributed by atoms with Crippen molar-refractivity contribution >= 4 is 50.2 Å². The predicted octanol–water partition coefficient (Wildman–Crippen LogP) is 15.4. The molecule has 0 bridgehead atoms. The van der Waals surface area contributed by atoms with Crippen molar-refractivity contribution in [2.45, 2.75) is 20.8 Å². The van der Waals surface area contributed by atoms with Crippen molar-refractivity contribution in [3.8, 4) is 68.8 Å². The van der Waals surface area contributed by atoms with Crippen molar-refractivity contribution in [1.29, 1.82) is 15.8 Å². The molecule has 3 atom stereocenters. The molecule has 0 amide bonds. The van der Waals surface area contributed by atoms with Crippen LogP contribution in [0.15, 0.2) is 200 Å². The third-order valence-electron chi connectivity index (χ3n) is 14.2. The number of esters is 3. The molecule has 0 saturated heterocycles. The standard InChI is InChI=1S/C72H57N3O9/c1-46(40-79-67-25-22-58-28-55(16-19-61(58)34-67)52-10-4-49(37-73)5-11-52)43-82-70(76)64-31-65(71(77)83-44-47(2)41-80-68-26-23-59-29-56(17-20-62(59)35-68)53-12-6-50(38-74)7-13-53)33-66(32-64)72(78)84-45-48(3)42-81-69-27-24-60-30-57(18-21-63(60)36-69)54-14-8-51(39-75)9-15-54/h4-36,46-48H,40-45H2,1-3H3. The SMILES string of the molecule is CC(COC(=O)c1cc(C(=O)OCC(C)COc2ccc3cc(-c4ccc(C#N)cc4)ccc3c2)cc(C(=O)OCC(C)COc2ccc3cc(-c4ccc(C#N)cc4)ccc3c2)c1)COc1ccc2cc(-c3ccc(C#N)cc3)ccc2c1. The van der Waals surface area contributed by atoms with Crippen molar-refractivity contribution in [2.75, 3.05) is 39.6 Å². The van der Waals surface area contributed by atoms with Gasteiger partial charge in [0.1, 0.15) is 17.2 Å². The van der Waals surface area contributed by atoms with E-state index in [1.807, 2.05) is 148 Å². The zero-order chi connectivity index (χ0) is 58.5. The van der Waals surface area contributed by atoms with Gasteiger partial charge in [0.05, 0.1) is 91.2 Å². The van der Waals surface area contributed by atoms with Crippen LogP contribution in [-0.2, 0) is 14.2 Å². The summed E-state index contributed by atoms with van der Waals surface area (Å²) in [5.41, 5.74) is 7.82. The monoisotopic (exact) mass is 1110 g/mol. The van der Waals surface area contributed by atoms with Gasteiger partial charge < -0.3 is 28.4 Å². The lowest BCUT2D eigenvalue weighted by atomic mass is 10.0. The predicted molar refractivity (Wildman–Crippen MR) is 324 cm³/mol. The first-order valence-electron chi connectivity index (χ1n) is 27.5. The fourth-order valence-electron chi connectivity index (χ4n) is 9.44. The summed E-state index contributed by atoms with van der Waals surface area (Å²) in [4.78, 5) is 41.4. The van der Waals surface area contributed by atoms with Gasteiger partial charge in [0.2, 0.25) is 0 Å². The molecule has 3 unspecified atom stereocenters. The van der Waals surface area contributed by atoms with E-state index in [1.54, 1.807) is 36.4 Å². The lowest BCUT2D eigenvalue weighted by Gasteiger charge is -2.16. The van der Waals surface area contributed by atoms with Crippen LogP contribution in [-0.4, -0.2) is 57.5 Å². The Kier molecular flexibility index (Phi) is 17.7. The van der Waals surface area contributed by atoms with Crippen LogP contribution in [0.2, 0.25) is 0 Å². The Hall–Kier alpha value is -10.7. The minimum atomic E-state index is -0.750. The van der Waals surface area contributed by atoms with Crippen LogP contribution in [0.5, 0.6) is 17.2 Å². The smallest absolute Gasteiger partial charge is 0.338 e. The molecule has 0 aliphatic heterocycles. The molecule has 0 radical (unpaired) electrons. The first-order chi connectivity index (χ1) is 40.9. The number of nitrogens with zero attached hydrogens (tertiary/aromatic N) is 3. The highest BCUT2D eigenvalue weighted by Gasteiger charge is 2.22. The fraction of sp³-hybridized carbons (Fsp3) is 0.167. The first kappa shape index (κ1) is 56.5. The van der Waals surface area contributed by atoms with E-state index in [2.05, 4.69) is 36.4 Å². The molecule has 414 valence electrons. The highest BCUT2D eigenvalue weighted by Crippen LogP contribution is 2.31. The van der Waals surface area contributed by atoms with Crippen molar-refractivity contribution in [3.63, 3.8) is 0 Å². The van der Waals surface area contributed by atoms with Gasteiger partial charge in [0, 0.05) is 17.8 Å². The Morgan fingerprint density at radius 1 is 0.310 bits per heavy atom. The highest BCUT2D eigenvalue weighted by atomic mass is 16.5. The van der Waals surface area contributed by atoms with Gasteiger partial charge in [0.15, 0.2) is 0 Å². The zero-order valence-corrected chi connectivity index (χ0v) is 46.5. The topological polar surface area (TPSA) is 178 Å². The van der Waals surface area contributed by atoms with Gasteiger partial charge in [-0.1, -0.05) is 112 Å². The van der Waals surface area contributed by atoms with E-state index in [-0.39, 0.29) is 74.1 Å². The quantitative estimate of drug-likeness (QED) is 0.0492. The van der Waals surface area contributed by atoms with Crippen LogP contribution in [0.3, 0.4) is 0 Å². The van der Waals surface area contributed by atoms with E-state index in [4.69, 9.17) is 28.4 Å². The summed E-state index contributed by atoms with van der Waals surface area (Å²) in [5, 5.41) is 33.6.